The van der Waals surface area contributed by atoms with Crippen LogP contribution in [0.15, 0.2) is 261 Å². The highest BCUT2D eigenvalue weighted by molar-refractivity contribution is 6.31. The molecule has 0 fully saturated rings. The van der Waals surface area contributed by atoms with Crippen LogP contribution in [0.2, 0.25) is 5.02 Å². The molecule has 3 heteroatoms. The van der Waals surface area contributed by atoms with Crippen LogP contribution >= 0.6 is 11.6 Å². The average Bonchev–Trinajstić information content (AvgIpc) is 1.55. The molecule has 0 heterocycles. The summed E-state index contributed by atoms with van der Waals surface area (Å²) in [7, 11) is 0. The number of hydrogen-bond acceptors (Lipinski definition) is 2. The number of rotatable bonds is 12. The Balaban J connectivity index is 1.24. The van der Waals surface area contributed by atoms with Crippen LogP contribution in [0.4, 0.5) is 34.1 Å². The summed E-state index contributed by atoms with van der Waals surface area (Å²) < 4.78 is 0. The summed E-state index contributed by atoms with van der Waals surface area (Å²) in [5.74, 6) is 0. The average molecular weight is 1130 g/mol. The van der Waals surface area contributed by atoms with E-state index in [0.29, 0.717) is 5.02 Å². The Morgan fingerprint density at radius 2 is 0.482 bits per heavy atom. The molecule has 0 saturated carbocycles. The zero-order chi connectivity index (χ0) is 59.8. The Morgan fingerprint density at radius 1 is 0.224 bits per heavy atom. The van der Waals surface area contributed by atoms with Crippen LogP contribution in [0.5, 0.6) is 0 Å². The van der Waals surface area contributed by atoms with Crippen LogP contribution in [0.3, 0.4) is 0 Å². The molecule has 0 aromatic heterocycles. The Kier molecular flexibility index (Phi) is 16.0. The predicted octanol–water partition coefficient (Wildman–Crippen LogP) is 24.5. The summed E-state index contributed by atoms with van der Waals surface area (Å²) in [6.07, 6.45) is 0. The van der Waals surface area contributed by atoms with Gasteiger partial charge in [-0.3, -0.25) is 0 Å². The Hall–Kier alpha value is -8.69. The molecule has 0 bridgehead atoms. The van der Waals surface area contributed by atoms with E-state index in [2.05, 4.69) is 354 Å². The first-order valence-electron chi connectivity index (χ1n) is 30.0. The van der Waals surface area contributed by atoms with E-state index in [4.69, 9.17) is 11.6 Å². The largest absolute Gasteiger partial charge is 0.309 e. The van der Waals surface area contributed by atoms with Crippen molar-refractivity contribution in [2.45, 2.75) is 105 Å². The summed E-state index contributed by atoms with van der Waals surface area (Å²) in [6.45, 7) is 27.7. The molecule has 0 aliphatic carbocycles. The monoisotopic (exact) mass is 1130 g/mol. The van der Waals surface area contributed by atoms with Crippen LogP contribution in [-0.4, -0.2) is 0 Å². The van der Waals surface area contributed by atoms with Crippen molar-refractivity contribution in [2.24, 2.45) is 0 Å². The van der Waals surface area contributed by atoms with Gasteiger partial charge < -0.3 is 9.80 Å². The fraction of sp³-hybridized carbons (Fsp3) is 0.195. The molecule has 11 aromatic rings. The lowest BCUT2D eigenvalue weighted by Crippen LogP contribution is -2.17. The fourth-order valence-corrected chi connectivity index (χ4v) is 11.8. The molecular formula is C82H79ClN2. The maximum absolute atomic E-state index is 7.86. The first-order chi connectivity index (χ1) is 40.6. The second kappa shape index (κ2) is 23.4. The second-order valence-electron chi connectivity index (χ2n) is 26.9. The van der Waals surface area contributed by atoms with Gasteiger partial charge in [-0.05, 0) is 131 Å². The molecule has 2 nitrogen and oxygen atoms in total. The highest BCUT2D eigenvalue weighted by Crippen LogP contribution is 2.52. The number of anilines is 6. The number of halogens is 1. The maximum Gasteiger partial charge on any atom is 0.0618 e. The topological polar surface area (TPSA) is 6.48 Å². The molecule has 11 aromatic carbocycles. The van der Waals surface area contributed by atoms with Gasteiger partial charge in [-0.25, -0.2) is 0 Å². The smallest absolute Gasteiger partial charge is 0.0618 e. The third-order valence-corrected chi connectivity index (χ3v) is 16.7. The summed E-state index contributed by atoms with van der Waals surface area (Å²) >= 11 is 7.86. The van der Waals surface area contributed by atoms with Gasteiger partial charge in [0.15, 0.2) is 0 Å². The molecule has 424 valence electrons. The molecule has 0 radical (unpaired) electrons. The quantitative estimate of drug-likeness (QED) is 0.120. The van der Waals surface area contributed by atoms with E-state index in [1.54, 1.807) is 0 Å². The minimum Gasteiger partial charge on any atom is -0.309 e. The molecule has 85 heavy (non-hydrogen) atoms. The molecular weight excluding hydrogens is 1050 g/mol. The lowest BCUT2D eigenvalue weighted by atomic mass is 9.79. The van der Waals surface area contributed by atoms with Gasteiger partial charge in [0, 0.05) is 50.0 Å². The maximum atomic E-state index is 7.86. The van der Waals surface area contributed by atoms with E-state index in [0.717, 1.165) is 89.8 Å². The Bertz CT molecular complexity index is 3700. The number of hydrogen-bond donors (Lipinski definition) is 0. The van der Waals surface area contributed by atoms with E-state index in [1.165, 1.54) is 33.4 Å². The molecule has 0 unspecified atom stereocenters. The minimum atomic E-state index is -0.0627. The fourth-order valence-electron chi connectivity index (χ4n) is 11.6. The van der Waals surface area contributed by atoms with Crippen LogP contribution in [-0.2, 0) is 21.7 Å². The van der Waals surface area contributed by atoms with Crippen LogP contribution in [0.25, 0.3) is 66.8 Å². The van der Waals surface area contributed by atoms with Crippen molar-refractivity contribution in [3.05, 3.63) is 288 Å². The molecule has 0 aliphatic heterocycles. The Labute approximate surface area is 512 Å². The number of nitrogens with zero attached hydrogens (tertiary/aromatic N) is 2. The van der Waals surface area contributed by atoms with Crippen molar-refractivity contribution >= 4 is 45.7 Å². The van der Waals surface area contributed by atoms with Gasteiger partial charge in [0.2, 0.25) is 0 Å². The van der Waals surface area contributed by atoms with E-state index < -0.39 is 0 Å². The third kappa shape index (κ3) is 12.6. The van der Waals surface area contributed by atoms with Gasteiger partial charge in [-0.1, -0.05) is 313 Å². The Morgan fingerprint density at radius 3 is 0.753 bits per heavy atom. The summed E-state index contributed by atoms with van der Waals surface area (Å²) in [4.78, 5) is 4.92. The molecule has 0 aliphatic rings. The standard InChI is InChI=1S/C82H79ClN2/c1-79(2,3)64-45-62(46-65(51-64)80(4,5)6)60-37-25-39-69(49-60)84(77-73(56-29-17-13-18-30-56)41-27-42-74(77)57-31-19-14-20-32-57)71-53-68(83)54-72(55-71)85(78-75(58-33-21-15-22-34-58)43-28-44-76(78)59-35-23-16-24-36-59)70-40-26-38-61(50-70)63-47-66(81(7,8)9)52-67(48-63)82(10,11)12/h13-55H,1-12H3. The van der Waals surface area contributed by atoms with E-state index in [-0.39, 0.29) is 21.7 Å². The summed E-state index contributed by atoms with van der Waals surface area (Å²) in [5.41, 5.74) is 24.3. The molecule has 0 spiro atoms. The summed E-state index contributed by atoms with van der Waals surface area (Å²) in [6, 6.07) is 96.0. The highest BCUT2D eigenvalue weighted by Gasteiger charge is 2.29. The van der Waals surface area contributed by atoms with Crippen molar-refractivity contribution in [3.8, 4) is 66.8 Å². The first kappa shape index (κ1) is 58.1. The highest BCUT2D eigenvalue weighted by atomic mass is 35.5. The molecule has 11 rings (SSSR count). The molecule has 0 amide bonds. The molecule has 0 atom stereocenters. The van der Waals surface area contributed by atoms with E-state index in [9.17, 15) is 0 Å². The van der Waals surface area contributed by atoms with Crippen molar-refractivity contribution in [2.75, 3.05) is 9.80 Å². The van der Waals surface area contributed by atoms with Crippen LogP contribution < -0.4 is 9.80 Å². The SMILES string of the molecule is CC(C)(C)c1cc(-c2cccc(N(c3cc(Cl)cc(N(c4cccc(-c5cc(C(C)(C)C)cc(C(C)(C)C)c5)c4)c4c(-c5ccccc5)cccc4-c4ccccc4)c3)c3c(-c4ccccc4)cccc3-c3ccccc3)c2)cc(C(C)(C)C)c1. The van der Waals surface area contributed by atoms with Crippen LogP contribution in [0.1, 0.15) is 105 Å². The van der Waals surface area contributed by atoms with Crippen molar-refractivity contribution in [1.82, 2.24) is 0 Å². The van der Waals surface area contributed by atoms with Gasteiger partial charge in [0.25, 0.3) is 0 Å². The number of benzene rings is 11. The zero-order valence-electron chi connectivity index (χ0n) is 51.6. The molecule has 0 saturated heterocycles. The van der Waals surface area contributed by atoms with Crippen LogP contribution in [0, 0.1) is 0 Å². The van der Waals surface area contributed by atoms with E-state index >= 15 is 0 Å². The van der Waals surface area contributed by atoms with Crippen molar-refractivity contribution in [1.29, 1.82) is 0 Å². The second-order valence-corrected chi connectivity index (χ2v) is 27.3. The van der Waals surface area contributed by atoms with Crippen molar-refractivity contribution < 1.29 is 0 Å². The molecule has 0 N–H and O–H groups in total. The van der Waals surface area contributed by atoms with Gasteiger partial charge in [0.05, 0.1) is 11.4 Å². The zero-order valence-corrected chi connectivity index (χ0v) is 52.4. The normalized spacial score (nSPS) is 12.1. The van der Waals surface area contributed by atoms with Gasteiger partial charge in [-0.15, -0.1) is 0 Å². The predicted molar refractivity (Wildman–Crippen MR) is 368 cm³/mol. The first-order valence-corrected chi connectivity index (χ1v) is 30.4. The van der Waals surface area contributed by atoms with Gasteiger partial charge in [-0.2, -0.15) is 0 Å². The summed E-state index contributed by atoms with van der Waals surface area (Å²) in [5, 5.41) is 0.604. The lowest BCUT2D eigenvalue weighted by Gasteiger charge is -2.34. The van der Waals surface area contributed by atoms with E-state index in [1.807, 2.05) is 0 Å². The number of para-hydroxylation sites is 2. The lowest BCUT2D eigenvalue weighted by molar-refractivity contribution is 0.568. The van der Waals surface area contributed by atoms with Gasteiger partial charge in [0.1, 0.15) is 0 Å². The van der Waals surface area contributed by atoms with Crippen molar-refractivity contribution in [3.63, 3.8) is 0 Å². The minimum absolute atomic E-state index is 0.0627. The van der Waals surface area contributed by atoms with Gasteiger partial charge >= 0.3 is 0 Å². The third-order valence-electron chi connectivity index (χ3n) is 16.4.